The van der Waals surface area contributed by atoms with Crippen molar-refractivity contribution in [2.24, 2.45) is 5.10 Å². The van der Waals surface area contributed by atoms with Crippen molar-refractivity contribution in [3.63, 3.8) is 0 Å². The molecule has 1 heterocycles. The molecule has 1 aliphatic heterocycles. The van der Waals surface area contributed by atoms with Gasteiger partial charge in [0.25, 0.3) is 0 Å². The Hall–Kier alpha value is -2.08. The lowest BCUT2D eigenvalue weighted by Crippen LogP contribution is -2.36. The Morgan fingerprint density at radius 1 is 1.40 bits per heavy atom. The molecule has 0 aliphatic carbocycles. The van der Waals surface area contributed by atoms with E-state index in [0.29, 0.717) is 6.61 Å². The summed E-state index contributed by atoms with van der Waals surface area (Å²) in [6.07, 6.45) is 1.04. The summed E-state index contributed by atoms with van der Waals surface area (Å²) in [5.74, 6) is 0. The summed E-state index contributed by atoms with van der Waals surface area (Å²) < 4.78 is 10.0. The number of morpholine rings is 1. The third-order valence-corrected chi connectivity index (χ3v) is 2.91. The fraction of sp³-hybridized carbons (Fsp3) is 0.429. The minimum Gasteiger partial charge on any atom is -0.449 e. The van der Waals surface area contributed by atoms with Gasteiger partial charge in [0.2, 0.25) is 0 Å². The summed E-state index contributed by atoms with van der Waals surface area (Å²) in [7, 11) is 0. The third-order valence-electron chi connectivity index (χ3n) is 2.91. The van der Waals surface area contributed by atoms with E-state index < -0.39 is 6.09 Å². The maximum Gasteiger partial charge on any atom is 0.427 e. The average molecular weight is 277 g/mol. The third kappa shape index (κ3) is 4.24. The molecule has 108 valence electrons. The molecule has 6 nitrogen and oxygen atoms in total. The van der Waals surface area contributed by atoms with Gasteiger partial charge in [-0.1, -0.05) is 12.1 Å². The van der Waals surface area contributed by atoms with Crippen LogP contribution in [0.5, 0.6) is 0 Å². The Morgan fingerprint density at radius 2 is 2.10 bits per heavy atom. The quantitative estimate of drug-likeness (QED) is 0.671. The number of hydrogen-bond donors (Lipinski definition) is 1. The molecule has 0 bridgehead atoms. The van der Waals surface area contributed by atoms with Crippen molar-refractivity contribution >= 4 is 18.0 Å². The molecule has 0 spiro atoms. The zero-order valence-electron chi connectivity index (χ0n) is 11.5. The van der Waals surface area contributed by atoms with Crippen molar-refractivity contribution in [1.82, 2.24) is 5.43 Å². The summed E-state index contributed by atoms with van der Waals surface area (Å²) in [5.41, 5.74) is 4.38. The lowest BCUT2D eigenvalue weighted by molar-refractivity contribution is 0.122. The number of hydrazone groups is 1. The van der Waals surface area contributed by atoms with Gasteiger partial charge in [0.1, 0.15) is 0 Å². The molecular formula is C14H19N3O3. The summed E-state index contributed by atoms with van der Waals surface area (Å²) in [6.45, 7) is 5.44. The van der Waals surface area contributed by atoms with Gasteiger partial charge in [0, 0.05) is 18.8 Å². The highest BCUT2D eigenvalue weighted by atomic mass is 16.5. The maximum atomic E-state index is 11.0. The van der Waals surface area contributed by atoms with Crippen LogP contribution < -0.4 is 10.3 Å². The number of nitrogens with zero attached hydrogens (tertiary/aromatic N) is 2. The highest BCUT2D eigenvalue weighted by Gasteiger charge is 2.10. The van der Waals surface area contributed by atoms with Gasteiger partial charge in [-0.3, -0.25) is 0 Å². The zero-order chi connectivity index (χ0) is 14.2. The number of nitrogens with one attached hydrogen (secondary N) is 1. The fourth-order valence-electron chi connectivity index (χ4n) is 1.92. The lowest BCUT2D eigenvalue weighted by Gasteiger charge is -2.28. The molecule has 0 atom stereocenters. The molecule has 0 unspecified atom stereocenters. The number of anilines is 1. The van der Waals surface area contributed by atoms with E-state index in [4.69, 9.17) is 9.47 Å². The predicted octanol–water partition coefficient (Wildman–Crippen LogP) is 1.60. The Bertz CT molecular complexity index is 453. The molecule has 6 heteroatoms. The first-order valence-corrected chi connectivity index (χ1v) is 6.68. The molecule has 0 aromatic heterocycles. The zero-order valence-corrected chi connectivity index (χ0v) is 11.5. The Kier molecular flexibility index (Phi) is 5.37. The second kappa shape index (κ2) is 7.49. The van der Waals surface area contributed by atoms with Crippen LogP contribution in [-0.4, -0.2) is 45.2 Å². The first kappa shape index (κ1) is 14.3. The van der Waals surface area contributed by atoms with Crippen molar-refractivity contribution in [3.05, 3.63) is 29.8 Å². The molecule has 0 radical (unpaired) electrons. The van der Waals surface area contributed by atoms with Crippen LogP contribution in [0.1, 0.15) is 12.5 Å². The molecule has 2 rings (SSSR count). The van der Waals surface area contributed by atoms with Crippen LogP contribution >= 0.6 is 0 Å². The molecular weight excluding hydrogens is 258 g/mol. The van der Waals surface area contributed by atoms with Crippen molar-refractivity contribution < 1.29 is 14.3 Å². The topological polar surface area (TPSA) is 63.2 Å². The molecule has 20 heavy (non-hydrogen) atoms. The van der Waals surface area contributed by atoms with E-state index in [1.165, 1.54) is 5.69 Å². The van der Waals surface area contributed by atoms with Gasteiger partial charge in [0.15, 0.2) is 0 Å². The van der Waals surface area contributed by atoms with Crippen LogP contribution in [0.4, 0.5) is 10.5 Å². The van der Waals surface area contributed by atoms with Crippen LogP contribution in [0.15, 0.2) is 29.4 Å². The van der Waals surface area contributed by atoms with E-state index >= 15 is 0 Å². The largest absolute Gasteiger partial charge is 0.449 e. The predicted molar refractivity (Wildman–Crippen MR) is 77.2 cm³/mol. The summed E-state index contributed by atoms with van der Waals surface area (Å²) in [5, 5.41) is 3.82. The Balaban J connectivity index is 1.87. The minimum atomic E-state index is -0.548. The van der Waals surface area contributed by atoms with E-state index in [-0.39, 0.29) is 0 Å². The van der Waals surface area contributed by atoms with Crippen molar-refractivity contribution in [1.29, 1.82) is 0 Å². The molecule has 1 aromatic carbocycles. The average Bonchev–Trinajstić information content (AvgIpc) is 2.49. The van der Waals surface area contributed by atoms with E-state index in [9.17, 15) is 4.79 Å². The fourth-order valence-corrected chi connectivity index (χ4v) is 1.92. The lowest BCUT2D eigenvalue weighted by atomic mass is 10.2. The normalized spacial score (nSPS) is 15.3. The number of hydrogen-bond acceptors (Lipinski definition) is 5. The standard InChI is InChI=1S/C14H19N3O3/c1-2-20-14(18)16-15-11-12-3-5-13(6-4-12)17-7-9-19-10-8-17/h3-6,11H,2,7-10H2,1H3,(H,16,18). The summed E-state index contributed by atoms with van der Waals surface area (Å²) >= 11 is 0. The van der Waals surface area contributed by atoms with Crippen LogP contribution in [0.3, 0.4) is 0 Å². The first-order valence-electron chi connectivity index (χ1n) is 6.68. The van der Waals surface area contributed by atoms with Crippen LogP contribution in [0, 0.1) is 0 Å². The minimum absolute atomic E-state index is 0.329. The van der Waals surface area contributed by atoms with Crippen molar-refractivity contribution in [2.75, 3.05) is 37.8 Å². The SMILES string of the molecule is CCOC(=O)NN=Cc1ccc(N2CCOCC2)cc1. The molecule has 1 N–H and O–H groups in total. The number of ether oxygens (including phenoxy) is 2. The summed E-state index contributed by atoms with van der Waals surface area (Å²) in [4.78, 5) is 13.3. The number of carbonyl (C=O) groups is 1. The molecule has 1 saturated heterocycles. The monoisotopic (exact) mass is 277 g/mol. The second-order valence-corrected chi connectivity index (χ2v) is 4.28. The number of amides is 1. The highest BCUT2D eigenvalue weighted by molar-refractivity contribution is 5.81. The van der Waals surface area contributed by atoms with E-state index in [1.54, 1.807) is 13.1 Å². The number of benzene rings is 1. The Morgan fingerprint density at radius 3 is 2.75 bits per heavy atom. The van der Waals surface area contributed by atoms with Gasteiger partial charge in [-0.2, -0.15) is 5.10 Å². The van der Waals surface area contributed by atoms with Gasteiger partial charge in [-0.05, 0) is 24.6 Å². The van der Waals surface area contributed by atoms with Gasteiger partial charge in [-0.25, -0.2) is 10.2 Å². The number of rotatable bonds is 4. The first-order chi connectivity index (χ1) is 9.79. The smallest absolute Gasteiger partial charge is 0.427 e. The van der Waals surface area contributed by atoms with Gasteiger partial charge in [0.05, 0.1) is 26.0 Å². The van der Waals surface area contributed by atoms with Crippen molar-refractivity contribution in [2.45, 2.75) is 6.92 Å². The number of carbonyl (C=O) groups excluding carboxylic acids is 1. The Labute approximate surface area is 118 Å². The van der Waals surface area contributed by atoms with Crippen molar-refractivity contribution in [3.8, 4) is 0 Å². The van der Waals surface area contributed by atoms with Gasteiger partial charge < -0.3 is 14.4 Å². The van der Waals surface area contributed by atoms with Crippen LogP contribution in [-0.2, 0) is 9.47 Å². The van der Waals surface area contributed by atoms with Crippen LogP contribution in [0.2, 0.25) is 0 Å². The van der Waals surface area contributed by atoms with Gasteiger partial charge >= 0.3 is 6.09 Å². The molecule has 1 aromatic rings. The highest BCUT2D eigenvalue weighted by Crippen LogP contribution is 2.15. The molecule has 1 amide bonds. The summed E-state index contributed by atoms with van der Waals surface area (Å²) in [6, 6.07) is 8.00. The molecule has 1 fully saturated rings. The maximum absolute atomic E-state index is 11.0. The van der Waals surface area contributed by atoms with E-state index in [2.05, 4.69) is 15.4 Å². The van der Waals surface area contributed by atoms with E-state index in [1.807, 2.05) is 24.3 Å². The molecule has 1 aliphatic rings. The van der Waals surface area contributed by atoms with Gasteiger partial charge in [-0.15, -0.1) is 0 Å². The second-order valence-electron chi connectivity index (χ2n) is 4.28. The van der Waals surface area contributed by atoms with Crippen LogP contribution in [0.25, 0.3) is 0 Å². The molecule has 0 saturated carbocycles. The van der Waals surface area contributed by atoms with E-state index in [0.717, 1.165) is 31.9 Å².